The molecule has 6 heterocycles. The molecule has 6 radical (unpaired) electrons. The smallest absolute Gasteiger partial charge is 0.294 e. The first-order chi connectivity index (χ1) is 60.7. The Morgan fingerprint density at radius 1 is 0.235 bits per heavy atom. The van der Waals surface area contributed by atoms with Crippen LogP contribution in [0.4, 0.5) is 68.2 Å². The molecule has 0 saturated carbocycles. The number of aryl methyl sites for hydroxylation is 10. The zero-order chi connectivity index (χ0) is 89.9. The molecule has 0 saturated heterocycles. The average Bonchev–Trinajstić information content (AvgIpc) is 0.790. The van der Waals surface area contributed by atoms with Gasteiger partial charge < -0.3 is 57.8 Å². The van der Waals surface area contributed by atoms with Crippen LogP contribution in [0.25, 0.3) is 0 Å². The summed E-state index contributed by atoms with van der Waals surface area (Å²) >= 11 is 0. The number of ether oxygens (including phenoxy) is 6. The van der Waals surface area contributed by atoms with Gasteiger partial charge in [0, 0.05) is 230 Å². The van der Waals surface area contributed by atoms with Gasteiger partial charge in [-0.05, 0) is 276 Å². The van der Waals surface area contributed by atoms with Gasteiger partial charge >= 0.3 is 0 Å². The number of carbonyl (C=O) groups is 6. The van der Waals surface area contributed by atoms with Gasteiger partial charge in [0.05, 0.1) is 0 Å². The van der Waals surface area contributed by atoms with Crippen molar-refractivity contribution in [1.82, 2.24) is 0 Å². The number of rotatable bonds is 18. The topological polar surface area (TPSA) is 177 Å². The van der Waals surface area contributed by atoms with Crippen molar-refractivity contribution in [2.45, 2.75) is 201 Å². The molecule has 6 aliphatic rings. The summed E-state index contributed by atoms with van der Waals surface area (Å²) in [6, 6.07) is 80.5. The zero-order valence-electron chi connectivity index (χ0n) is 78.5. The molecule has 12 aromatic carbocycles. The standard InChI is InChI=1S/6C18H18NO2.6Y/c1-12-8-16-10-15-6-4-5-7-17(15)19(14(3)21-11-20)18(16)9-13(12)2;1-12-8-13(2)16-10-15-6-4-5-7-17(15)19(18(16)9-12)14(3)21-11-20;1-12-8-13(2)18-16(9-12)10-15-6-4-5-7-17(15)19(18)14(3)21-11-20;1-12-8-9-18-16(13(12)2)10-15-6-4-5-7-17(15)19(18)14(3)21-11-20;1-12-8-9-16-10-15-6-4-5-7-17(15)19(14(3)21-11-20)18(16)13(12)2;1-12-8-9-13(2)18-16(12)10-15-6-4-5-7-17(15)19(18)14(3)21-11-20;;;;;;/h6*4,6-9,11,14H,10H2,1-3H3;;;;;;/q6*-1;;;;;;. The van der Waals surface area contributed by atoms with Crippen LogP contribution in [0.15, 0.2) is 182 Å². The molecule has 0 aromatic heterocycles. The first-order valence-electron chi connectivity index (χ1n) is 42.6. The molecule has 24 heteroatoms. The van der Waals surface area contributed by atoms with Gasteiger partial charge in [0.25, 0.3) is 38.8 Å². The number of hydrogen-bond acceptors (Lipinski definition) is 18. The second kappa shape index (κ2) is 51.3. The van der Waals surface area contributed by atoms with E-state index in [9.17, 15) is 28.8 Å². The number of benzene rings is 12. The van der Waals surface area contributed by atoms with Gasteiger partial charge in [0.1, 0.15) is 0 Å². The summed E-state index contributed by atoms with van der Waals surface area (Å²) in [6.45, 7) is 39.7. The normalized spacial score (nSPS) is 13.5. The monoisotopic (exact) mass is 2210 g/mol. The number of carbonyl (C=O) groups excluding carboxylic acids is 6. The first-order valence-corrected chi connectivity index (χ1v) is 42.6. The summed E-state index contributed by atoms with van der Waals surface area (Å²) in [6.07, 6.45) is 3.28. The molecule has 0 aliphatic carbocycles. The van der Waals surface area contributed by atoms with Crippen molar-refractivity contribution in [2.24, 2.45) is 0 Å². The van der Waals surface area contributed by atoms with E-state index in [-0.39, 0.29) is 234 Å². The molecule has 0 bridgehead atoms. The summed E-state index contributed by atoms with van der Waals surface area (Å²) < 4.78 is 31.3. The number of fused-ring (bicyclic) bond motifs is 12. The van der Waals surface area contributed by atoms with Crippen molar-refractivity contribution in [3.63, 3.8) is 0 Å². The van der Waals surface area contributed by atoms with Crippen LogP contribution in [0.5, 0.6) is 0 Å². The van der Waals surface area contributed by atoms with Crippen LogP contribution in [-0.4, -0.2) is 76.2 Å². The summed E-state index contributed by atoms with van der Waals surface area (Å²) in [7, 11) is 0. The Balaban J connectivity index is 0.000000214. The van der Waals surface area contributed by atoms with E-state index < -0.39 is 0 Å². The van der Waals surface area contributed by atoms with Gasteiger partial charge in [-0.2, -0.15) is 146 Å². The predicted octanol–water partition coefficient (Wildman–Crippen LogP) is 22.0. The predicted molar refractivity (Wildman–Crippen MR) is 497 cm³/mol. The molecule has 18 rings (SSSR count). The van der Waals surface area contributed by atoms with Gasteiger partial charge in [-0.1, -0.05) is 94.3 Å². The quantitative estimate of drug-likeness (QED) is 0.0450. The van der Waals surface area contributed by atoms with E-state index in [2.05, 4.69) is 258 Å². The van der Waals surface area contributed by atoms with Crippen LogP contribution in [0.3, 0.4) is 0 Å². The maximum atomic E-state index is 10.8. The molecule has 18 nitrogen and oxygen atoms in total. The first kappa shape index (κ1) is 112. The fourth-order valence-corrected chi connectivity index (χ4v) is 18.3. The van der Waals surface area contributed by atoms with E-state index in [4.69, 9.17) is 28.4 Å². The molecule has 132 heavy (non-hydrogen) atoms. The molecule has 6 unspecified atom stereocenters. The Kier molecular flexibility index (Phi) is 43.5. The molecule has 0 fully saturated rings. The number of nitrogens with zero attached hydrogens (tertiary/aromatic N) is 6. The summed E-state index contributed by atoms with van der Waals surface area (Å²) in [5, 5.41) is 0. The largest absolute Gasteiger partial charge is 0.445 e. The van der Waals surface area contributed by atoms with E-state index in [0.29, 0.717) is 38.8 Å². The Morgan fingerprint density at radius 2 is 0.553 bits per heavy atom. The van der Waals surface area contributed by atoms with Crippen molar-refractivity contribution in [3.05, 3.63) is 352 Å². The summed E-state index contributed by atoms with van der Waals surface area (Å²) in [5.74, 6) is 0. The number of anilines is 12. The molecular weight excluding hydrogens is 2110 g/mol. The maximum Gasteiger partial charge on any atom is 0.294 e. The molecular formula is C108H108N6O12Y6-6. The summed E-state index contributed by atoms with van der Waals surface area (Å²) in [4.78, 5) is 77.1. The molecule has 0 N–H and O–H groups in total. The third kappa shape index (κ3) is 24.7. The van der Waals surface area contributed by atoms with Gasteiger partial charge in [-0.25, -0.2) is 0 Å². The van der Waals surface area contributed by atoms with Crippen molar-refractivity contribution in [2.75, 3.05) is 29.4 Å². The van der Waals surface area contributed by atoms with Gasteiger partial charge in [-0.3, -0.25) is 28.8 Å². The SMILES string of the molecule is Cc1cc(C)c2c(c1)Cc1cc[c-]cc1N2C(C)OC=O.Cc1cc(C)c2c(c1)N(C(C)OC=O)c1c[c-]ccc1C2.Cc1cc2c(cc1C)N(C(C)OC=O)c1c[c-]ccc1C2.Cc1ccc(C)c2c1Cc1cc[c-]cc1N2C(C)OC=O.Cc1ccc2c(c1C)Cc1cc[c-]cc1N2C(C)OC=O.Cc1ccc2c(c1C)N(C(C)OC=O)c1c[c-]ccc1C2.[Y].[Y].[Y].[Y].[Y].[Y]. The van der Waals surface area contributed by atoms with Crippen LogP contribution in [0, 0.1) is 119 Å². The Labute approximate surface area is 930 Å². The van der Waals surface area contributed by atoms with E-state index in [1.807, 2.05) is 114 Å². The number of hydrogen-bond donors (Lipinski definition) is 0. The molecule has 6 atom stereocenters. The third-order valence-corrected chi connectivity index (χ3v) is 24.7. The molecule has 0 spiro atoms. The van der Waals surface area contributed by atoms with Crippen LogP contribution < -0.4 is 29.4 Å². The minimum Gasteiger partial charge on any atom is -0.445 e. The zero-order valence-corrected chi connectivity index (χ0v) is 95.6. The fourth-order valence-electron chi connectivity index (χ4n) is 18.3. The maximum absolute atomic E-state index is 10.8. The van der Waals surface area contributed by atoms with Gasteiger partial charge in [0.15, 0.2) is 37.4 Å². The third-order valence-electron chi connectivity index (χ3n) is 24.7. The average molecular weight is 2220 g/mol. The minimum atomic E-state index is -0.350. The molecule has 666 valence electrons. The van der Waals surface area contributed by atoms with E-state index >= 15 is 0 Å². The Morgan fingerprint density at radius 3 is 1.00 bits per heavy atom. The molecule has 6 aliphatic heterocycles. The Hall–Kier alpha value is -7.12. The van der Waals surface area contributed by atoms with Crippen molar-refractivity contribution in [1.29, 1.82) is 0 Å². The van der Waals surface area contributed by atoms with Crippen molar-refractivity contribution < 1.29 is 253 Å². The van der Waals surface area contributed by atoms with Crippen LogP contribution in [0.2, 0.25) is 0 Å². The van der Waals surface area contributed by atoms with Crippen molar-refractivity contribution in [3.8, 4) is 0 Å². The second-order valence-electron chi connectivity index (χ2n) is 32.9. The van der Waals surface area contributed by atoms with Crippen LogP contribution in [0.1, 0.15) is 175 Å². The van der Waals surface area contributed by atoms with Crippen LogP contribution in [-0.2, 0) is 292 Å². The van der Waals surface area contributed by atoms with Gasteiger partial charge in [0.2, 0.25) is 0 Å². The van der Waals surface area contributed by atoms with Crippen molar-refractivity contribution >= 4 is 107 Å². The van der Waals surface area contributed by atoms with E-state index in [1.54, 1.807) is 0 Å². The van der Waals surface area contributed by atoms with E-state index in [1.165, 1.54) is 134 Å². The minimum absolute atomic E-state index is 0. The van der Waals surface area contributed by atoms with Gasteiger partial charge in [-0.15, -0.1) is 33.4 Å². The second-order valence-corrected chi connectivity index (χ2v) is 32.9. The van der Waals surface area contributed by atoms with E-state index in [0.717, 1.165) is 107 Å². The molecule has 0 amide bonds. The fraction of sp³-hybridized carbons (Fsp3) is 0.278. The molecule has 12 aromatic rings. The Bertz CT molecular complexity index is 5990. The van der Waals surface area contributed by atoms with Crippen LogP contribution >= 0.6 is 0 Å². The summed E-state index contributed by atoms with van der Waals surface area (Å²) in [5.41, 5.74) is 43.1.